The molecule has 0 fully saturated rings. The maximum absolute atomic E-state index is 6.17. The molecule has 0 bridgehead atoms. The van der Waals surface area contributed by atoms with Crippen molar-refractivity contribution in [3.63, 3.8) is 0 Å². The summed E-state index contributed by atoms with van der Waals surface area (Å²) < 4.78 is 0. The topological polar surface area (TPSA) is 67.6 Å². The van der Waals surface area contributed by atoms with Crippen molar-refractivity contribution in [2.45, 2.75) is 46.6 Å². The first-order valence-electron chi connectivity index (χ1n) is 6.41. The zero-order valence-electron chi connectivity index (χ0n) is 11.6. The van der Waals surface area contributed by atoms with Crippen LogP contribution in [0.3, 0.4) is 0 Å². The summed E-state index contributed by atoms with van der Waals surface area (Å²) in [6, 6.07) is 2.12. The summed E-state index contributed by atoms with van der Waals surface area (Å²) in [5.74, 6) is 0.934. The molecule has 0 spiro atoms. The van der Waals surface area contributed by atoms with Gasteiger partial charge in [-0.25, -0.2) is 9.97 Å². The Morgan fingerprint density at radius 2 is 2.11 bits per heavy atom. The quantitative estimate of drug-likeness (QED) is 0.874. The minimum Gasteiger partial charge on any atom is -0.340 e. The van der Waals surface area contributed by atoms with Crippen LogP contribution >= 0.6 is 0 Å². The van der Waals surface area contributed by atoms with Gasteiger partial charge in [0.25, 0.3) is 0 Å². The van der Waals surface area contributed by atoms with Crippen LogP contribution in [0, 0.1) is 12.3 Å². The van der Waals surface area contributed by atoms with Gasteiger partial charge in [-0.3, -0.25) is 0 Å². The fourth-order valence-electron chi connectivity index (χ4n) is 2.29. The number of nitrogens with zero attached hydrogens (tertiary/aromatic N) is 2. The van der Waals surface area contributed by atoms with Crippen molar-refractivity contribution in [2.24, 2.45) is 11.1 Å². The second-order valence-electron chi connectivity index (χ2n) is 6.24. The van der Waals surface area contributed by atoms with Crippen molar-refractivity contribution in [1.29, 1.82) is 0 Å². The summed E-state index contributed by atoms with van der Waals surface area (Å²) in [6.45, 7) is 8.67. The lowest BCUT2D eigenvalue weighted by atomic mass is 9.87. The van der Waals surface area contributed by atoms with Crippen LogP contribution in [-0.4, -0.2) is 21.0 Å². The number of aryl methyl sites for hydroxylation is 1. The van der Waals surface area contributed by atoms with E-state index < -0.39 is 0 Å². The molecule has 0 aliphatic heterocycles. The number of nitrogens with one attached hydrogen (secondary N) is 1. The Hall–Kier alpha value is -1.42. The number of nitrogens with two attached hydrogens (primary N) is 1. The summed E-state index contributed by atoms with van der Waals surface area (Å²) in [4.78, 5) is 12.1. The highest BCUT2D eigenvalue weighted by Gasteiger charge is 2.17. The van der Waals surface area contributed by atoms with Gasteiger partial charge in [0.15, 0.2) is 5.65 Å². The molecule has 2 aromatic heterocycles. The highest BCUT2D eigenvalue weighted by Crippen LogP contribution is 2.21. The number of pyridine rings is 1. The summed E-state index contributed by atoms with van der Waals surface area (Å²) >= 11 is 0. The van der Waals surface area contributed by atoms with Crippen LogP contribution in [0.25, 0.3) is 11.2 Å². The van der Waals surface area contributed by atoms with Crippen LogP contribution in [0.1, 0.15) is 38.6 Å². The van der Waals surface area contributed by atoms with Crippen LogP contribution in [-0.2, 0) is 6.42 Å². The first-order chi connectivity index (χ1) is 8.35. The van der Waals surface area contributed by atoms with E-state index in [1.165, 1.54) is 5.56 Å². The Bertz CT molecular complexity index is 536. The summed E-state index contributed by atoms with van der Waals surface area (Å²) in [5, 5.41) is 0. The molecule has 0 radical (unpaired) electrons. The lowest BCUT2D eigenvalue weighted by Gasteiger charge is -2.22. The Morgan fingerprint density at radius 1 is 1.39 bits per heavy atom. The molecule has 0 aromatic carbocycles. The molecule has 0 amide bonds. The van der Waals surface area contributed by atoms with E-state index in [9.17, 15) is 0 Å². The number of imidazole rings is 1. The van der Waals surface area contributed by atoms with E-state index in [-0.39, 0.29) is 11.5 Å². The highest BCUT2D eigenvalue weighted by molar-refractivity contribution is 5.74. The van der Waals surface area contributed by atoms with Crippen molar-refractivity contribution < 1.29 is 0 Å². The number of H-pyrrole nitrogens is 1. The third kappa shape index (κ3) is 3.07. The molecule has 3 N–H and O–H groups in total. The lowest BCUT2D eigenvalue weighted by Crippen LogP contribution is -2.28. The van der Waals surface area contributed by atoms with E-state index in [2.05, 4.69) is 42.6 Å². The minimum atomic E-state index is 0.130. The molecular weight excluding hydrogens is 224 g/mol. The van der Waals surface area contributed by atoms with Gasteiger partial charge in [0.1, 0.15) is 5.82 Å². The van der Waals surface area contributed by atoms with E-state index in [0.717, 1.165) is 29.8 Å². The third-order valence-electron chi connectivity index (χ3n) is 2.98. The molecule has 4 heteroatoms. The molecule has 1 atom stereocenters. The normalized spacial score (nSPS) is 14.1. The van der Waals surface area contributed by atoms with E-state index in [1.807, 2.05) is 6.07 Å². The third-order valence-corrected chi connectivity index (χ3v) is 2.98. The zero-order valence-corrected chi connectivity index (χ0v) is 11.6. The first-order valence-corrected chi connectivity index (χ1v) is 6.41. The number of fused-ring (bicyclic) bond motifs is 1. The minimum absolute atomic E-state index is 0.130. The number of aromatic amines is 1. The van der Waals surface area contributed by atoms with Gasteiger partial charge in [-0.1, -0.05) is 20.8 Å². The van der Waals surface area contributed by atoms with Crippen molar-refractivity contribution in [3.8, 4) is 0 Å². The molecule has 2 rings (SSSR count). The molecule has 4 nitrogen and oxygen atoms in total. The fraction of sp³-hybridized carbons (Fsp3) is 0.571. The molecule has 0 saturated heterocycles. The van der Waals surface area contributed by atoms with Crippen LogP contribution in [0.5, 0.6) is 0 Å². The smallest absolute Gasteiger partial charge is 0.177 e. The second-order valence-corrected chi connectivity index (χ2v) is 6.24. The van der Waals surface area contributed by atoms with Crippen molar-refractivity contribution >= 4 is 11.2 Å². The Balaban J connectivity index is 2.15. The molecule has 18 heavy (non-hydrogen) atoms. The summed E-state index contributed by atoms with van der Waals surface area (Å²) in [5.41, 5.74) is 9.40. The summed E-state index contributed by atoms with van der Waals surface area (Å²) in [6.07, 6.45) is 3.54. The molecule has 0 saturated carbocycles. The van der Waals surface area contributed by atoms with Gasteiger partial charge in [-0.15, -0.1) is 0 Å². The zero-order chi connectivity index (χ0) is 13.3. The monoisotopic (exact) mass is 246 g/mol. The molecule has 2 aromatic rings. The van der Waals surface area contributed by atoms with Gasteiger partial charge >= 0.3 is 0 Å². The number of hydrogen-bond donors (Lipinski definition) is 2. The average Bonchev–Trinajstić information content (AvgIpc) is 2.58. The maximum atomic E-state index is 6.17. The molecule has 2 heterocycles. The molecule has 0 aliphatic carbocycles. The van der Waals surface area contributed by atoms with Gasteiger partial charge in [0.2, 0.25) is 0 Å². The molecule has 98 valence electrons. The lowest BCUT2D eigenvalue weighted by molar-refractivity contribution is 0.337. The average molecular weight is 246 g/mol. The number of hydrogen-bond acceptors (Lipinski definition) is 3. The standard InChI is InChI=1S/C14H22N4/c1-9-5-6-16-13-12(9)17-11(18-13)7-10(15)8-14(2,3)4/h5-6,10H,7-8,15H2,1-4H3,(H,16,17,18). The van der Waals surface area contributed by atoms with E-state index >= 15 is 0 Å². The van der Waals surface area contributed by atoms with Gasteiger partial charge in [-0.05, 0) is 30.4 Å². The van der Waals surface area contributed by atoms with Crippen molar-refractivity contribution in [3.05, 3.63) is 23.7 Å². The summed E-state index contributed by atoms with van der Waals surface area (Å²) in [7, 11) is 0. The first kappa shape index (κ1) is 13.0. The number of rotatable bonds is 3. The highest BCUT2D eigenvalue weighted by atomic mass is 15.0. The Labute approximate surface area is 108 Å². The SMILES string of the molecule is Cc1ccnc2nc(CC(N)CC(C)(C)C)[nH]c12. The predicted molar refractivity (Wildman–Crippen MR) is 74.4 cm³/mol. The molecule has 1 unspecified atom stereocenters. The van der Waals surface area contributed by atoms with Gasteiger partial charge in [0.05, 0.1) is 5.52 Å². The van der Waals surface area contributed by atoms with Gasteiger partial charge in [0, 0.05) is 18.7 Å². The predicted octanol–water partition coefficient (Wildman–Crippen LogP) is 2.57. The van der Waals surface area contributed by atoms with Gasteiger partial charge < -0.3 is 10.7 Å². The molecule has 0 aliphatic rings. The van der Waals surface area contributed by atoms with E-state index in [1.54, 1.807) is 6.20 Å². The second kappa shape index (κ2) is 4.69. The molecular formula is C14H22N4. The Morgan fingerprint density at radius 3 is 2.72 bits per heavy atom. The van der Waals surface area contributed by atoms with E-state index in [4.69, 9.17) is 5.73 Å². The number of aromatic nitrogens is 3. The van der Waals surface area contributed by atoms with Crippen molar-refractivity contribution in [1.82, 2.24) is 15.0 Å². The van der Waals surface area contributed by atoms with Crippen LogP contribution in [0.2, 0.25) is 0 Å². The largest absolute Gasteiger partial charge is 0.340 e. The van der Waals surface area contributed by atoms with E-state index in [0.29, 0.717) is 0 Å². The van der Waals surface area contributed by atoms with Gasteiger partial charge in [-0.2, -0.15) is 0 Å². The van der Waals surface area contributed by atoms with Crippen LogP contribution in [0.4, 0.5) is 0 Å². The fourth-order valence-corrected chi connectivity index (χ4v) is 2.29. The maximum Gasteiger partial charge on any atom is 0.177 e. The van der Waals surface area contributed by atoms with Crippen molar-refractivity contribution in [2.75, 3.05) is 0 Å². The van der Waals surface area contributed by atoms with Crippen LogP contribution in [0.15, 0.2) is 12.3 Å². The van der Waals surface area contributed by atoms with Crippen LogP contribution < -0.4 is 5.73 Å². The Kier molecular flexibility index (Phi) is 3.39.